The standard InChI is InChI=1S/C19H20FNO3/c1-13-8-14(2)10-16(9-13)19(23)24-12-18(22)21(3)11-15-6-4-5-7-17(15)20/h4-10H,11-12H2,1-3H3. The fraction of sp³-hybridized carbons (Fsp3) is 0.263. The first kappa shape index (κ1) is 17.7. The van der Waals surface area contributed by atoms with Crippen LogP contribution in [0.25, 0.3) is 0 Å². The first-order valence-electron chi connectivity index (χ1n) is 7.59. The second-order valence-corrected chi connectivity index (χ2v) is 5.79. The van der Waals surface area contributed by atoms with Gasteiger partial charge in [-0.2, -0.15) is 0 Å². The Morgan fingerprint density at radius 3 is 2.33 bits per heavy atom. The van der Waals surface area contributed by atoms with Crippen molar-refractivity contribution in [2.24, 2.45) is 0 Å². The minimum Gasteiger partial charge on any atom is -0.452 e. The van der Waals surface area contributed by atoms with Crippen LogP contribution in [0.2, 0.25) is 0 Å². The molecule has 0 aliphatic carbocycles. The average molecular weight is 329 g/mol. The third kappa shape index (κ3) is 4.65. The minimum atomic E-state index is -0.547. The highest BCUT2D eigenvalue weighted by Gasteiger charge is 2.15. The molecule has 0 heterocycles. The summed E-state index contributed by atoms with van der Waals surface area (Å²) in [4.78, 5) is 25.4. The van der Waals surface area contributed by atoms with Crippen LogP contribution >= 0.6 is 0 Å². The number of likely N-dealkylation sites (N-methyl/N-ethyl adjacent to an activating group) is 1. The number of ether oxygens (including phenoxy) is 1. The van der Waals surface area contributed by atoms with Crippen LogP contribution in [-0.2, 0) is 16.1 Å². The molecule has 0 N–H and O–H groups in total. The predicted molar refractivity (Wildman–Crippen MR) is 89.1 cm³/mol. The van der Waals surface area contributed by atoms with Crippen molar-refractivity contribution in [2.75, 3.05) is 13.7 Å². The second-order valence-electron chi connectivity index (χ2n) is 5.79. The van der Waals surface area contributed by atoms with Crippen LogP contribution in [-0.4, -0.2) is 30.4 Å². The lowest BCUT2D eigenvalue weighted by atomic mass is 10.1. The maximum absolute atomic E-state index is 13.6. The zero-order valence-corrected chi connectivity index (χ0v) is 14.0. The number of amides is 1. The van der Waals surface area contributed by atoms with E-state index in [1.54, 1.807) is 37.4 Å². The number of hydrogen-bond donors (Lipinski definition) is 0. The van der Waals surface area contributed by atoms with Crippen molar-refractivity contribution in [3.8, 4) is 0 Å². The van der Waals surface area contributed by atoms with Gasteiger partial charge in [-0.15, -0.1) is 0 Å². The SMILES string of the molecule is Cc1cc(C)cc(C(=O)OCC(=O)N(C)Cc2ccccc2F)c1. The van der Waals surface area contributed by atoms with Gasteiger partial charge in [-0.3, -0.25) is 4.79 Å². The molecule has 0 bridgehead atoms. The van der Waals surface area contributed by atoms with Gasteiger partial charge in [-0.05, 0) is 32.0 Å². The molecule has 4 nitrogen and oxygen atoms in total. The van der Waals surface area contributed by atoms with Gasteiger partial charge in [0.25, 0.3) is 5.91 Å². The van der Waals surface area contributed by atoms with Gasteiger partial charge in [0, 0.05) is 19.2 Å². The molecule has 126 valence electrons. The van der Waals surface area contributed by atoms with E-state index in [9.17, 15) is 14.0 Å². The van der Waals surface area contributed by atoms with Crippen molar-refractivity contribution < 1.29 is 18.7 Å². The molecule has 0 aliphatic rings. The molecule has 0 saturated carbocycles. The Morgan fingerprint density at radius 2 is 1.71 bits per heavy atom. The van der Waals surface area contributed by atoms with Crippen LogP contribution in [0.15, 0.2) is 42.5 Å². The highest BCUT2D eigenvalue weighted by atomic mass is 19.1. The Labute approximate surface area is 140 Å². The number of benzene rings is 2. The van der Waals surface area contributed by atoms with Gasteiger partial charge in [0.2, 0.25) is 0 Å². The molecular formula is C19H20FNO3. The minimum absolute atomic E-state index is 0.118. The topological polar surface area (TPSA) is 46.6 Å². The second kappa shape index (κ2) is 7.73. The summed E-state index contributed by atoms with van der Waals surface area (Å²) < 4.78 is 18.7. The summed E-state index contributed by atoms with van der Waals surface area (Å²) >= 11 is 0. The highest BCUT2D eigenvalue weighted by molar-refractivity contribution is 5.91. The van der Waals surface area contributed by atoms with Gasteiger partial charge in [0.1, 0.15) is 5.82 Å². The van der Waals surface area contributed by atoms with Crippen LogP contribution in [0.4, 0.5) is 4.39 Å². The van der Waals surface area contributed by atoms with Crippen LogP contribution in [0, 0.1) is 19.7 Å². The third-order valence-corrected chi connectivity index (χ3v) is 3.58. The zero-order chi connectivity index (χ0) is 17.7. The van der Waals surface area contributed by atoms with Crippen LogP contribution in [0.3, 0.4) is 0 Å². The molecule has 0 atom stereocenters. The molecule has 0 fully saturated rings. The lowest BCUT2D eigenvalue weighted by Gasteiger charge is -2.17. The van der Waals surface area contributed by atoms with Gasteiger partial charge in [-0.25, -0.2) is 9.18 Å². The van der Waals surface area contributed by atoms with Crippen molar-refractivity contribution in [2.45, 2.75) is 20.4 Å². The van der Waals surface area contributed by atoms with E-state index in [2.05, 4.69) is 0 Å². The monoisotopic (exact) mass is 329 g/mol. The largest absolute Gasteiger partial charge is 0.452 e. The molecule has 2 aromatic carbocycles. The highest BCUT2D eigenvalue weighted by Crippen LogP contribution is 2.11. The smallest absolute Gasteiger partial charge is 0.338 e. The van der Waals surface area contributed by atoms with Crippen molar-refractivity contribution in [3.05, 3.63) is 70.5 Å². The fourth-order valence-electron chi connectivity index (χ4n) is 2.38. The Bertz CT molecular complexity index is 738. The number of esters is 1. The average Bonchev–Trinajstić information content (AvgIpc) is 2.53. The molecule has 2 rings (SSSR count). The Morgan fingerprint density at radius 1 is 1.08 bits per heavy atom. The van der Waals surface area contributed by atoms with Crippen LogP contribution in [0.1, 0.15) is 27.0 Å². The van der Waals surface area contributed by atoms with E-state index in [4.69, 9.17) is 4.74 Å². The van der Waals surface area contributed by atoms with Crippen LogP contribution < -0.4 is 0 Å². The van der Waals surface area contributed by atoms with Gasteiger partial charge in [0.05, 0.1) is 5.56 Å². The predicted octanol–water partition coefficient (Wildman–Crippen LogP) is 3.26. The fourth-order valence-corrected chi connectivity index (χ4v) is 2.38. The summed E-state index contributed by atoms with van der Waals surface area (Å²) in [5.41, 5.74) is 2.72. The number of rotatable bonds is 5. The number of hydrogen-bond acceptors (Lipinski definition) is 3. The molecule has 24 heavy (non-hydrogen) atoms. The first-order chi connectivity index (χ1) is 11.4. The van der Waals surface area contributed by atoms with E-state index in [1.165, 1.54) is 11.0 Å². The van der Waals surface area contributed by atoms with Crippen molar-refractivity contribution in [3.63, 3.8) is 0 Å². The summed E-state index contributed by atoms with van der Waals surface area (Å²) in [6.07, 6.45) is 0. The Balaban J connectivity index is 1.92. The summed E-state index contributed by atoms with van der Waals surface area (Å²) in [7, 11) is 1.54. The van der Waals surface area contributed by atoms with Gasteiger partial charge in [0.15, 0.2) is 6.61 Å². The van der Waals surface area contributed by atoms with Crippen molar-refractivity contribution in [1.82, 2.24) is 4.90 Å². The van der Waals surface area contributed by atoms with E-state index in [0.29, 0.717) is 11.1 Å². The summed E-state index contributed by atoms with van der Waals surface area (Å²) in [6, 6.07) is 11.6. The third-order valence-electron chi connectivity index (χ3n) is 3.58. The lowest BCUT2D eigenvalue weighted by Crippen LogP contribution is -2.31. The molecule has 0 aromatic heterocycles. The molecular weight excluding hydrogens is 309 g/mol. The van der Waals surface area contributed by atoms with E-state index in [1.807, 2.05) is 19.9 Å². The van der Waals surface area contributed by atoms with Crippen molar-refractivity contribution in [1.29, 1.82) is 0 Å². The van der Waals surface area contributed by atoms with E-state index >= 15 is 0 Å². The van der Waals surface area contributed by atoms with E-state index in [-0.39, 0.29) is 19.0 Å². The quantitative estimate of drug-likeness (QED) is 0.791. The maximum atomic E-state index is 13.6. The number of nitrogens with zero attached hydrogens (tertiary/aromatic N) is 1. The molecule has 0 saturated heterocycles. The van der Waals surface area contributed by atoms with Gasteiger partial charge >= 0.3 is 5.97 Å². The number of halogens is 1. The normalized spacial score (nSPS) is 10.3. The van der Waals surface area contributed by atoms with Crippen LogP contribution in [0.5, 0.6) is 0 Å². The Hall–Kier alpha value is -2.69. The number of carbonyl (C=O) groups excluding carboxylic acids is 2. The molecule has 0 unspecified atom stereocenters. The van der Waals surface area contributed by atoms with E-state index in [0.717, 1.165) is 11.1 Å². The Kier molecular flexibility index (Phi) is 5.68. The summed E-state index contributed by atoms with van der Waals surface area (Å²) in [5, 5.41) is 0. The molecule has 5 heteroatoms. The van der Waals surface area contributed by atoms with E-state index < -0.39 is 11.9 Å². The number of carbonyl (C=O) groups is 2. The summed E-state index contributed by atoms with van der Waals surface area (Å²) in [6.45, 7) is 3.51. The first-order valence-corrected chi connectivity index (χ1v) is 7.59. The summed E-state index contributed by atoms with van der Waals surface area (Å²) in [5.74, 6) is -1.31. The van der Waals surface area contributed by atoms with Crippen molar-refractivity contribution >= 4 is 11.9 Å². The number of aryl methyl sites for hydroxylation is 2. The zero-order valence-electron chi connectivity index (χ0n) is 14.0. The molecule has 1 amide bonds. The maximum Gasteiger partial charge on any atom is 0.338 e. The molecule has 0 spiro atoms. The molecule has 0 radical (unpaired) electrons. The lowest BCUT2D eigenvalue weighted by molar-refractivity contribution is -0.133. The molecule has 0 aliphatic heterocycles. The molecule has 2 aromatic rings. The van der Waals surface area contributed by atoms with Gasteiger partial charge < -0.3 is 9.64 Å². The van der Waals surface area contributed by atoms with Gasteiger partial charge in [-0.1, -0.05) is 35.4 Å².